The van der Waals surface area contributed by atoms with Gasteiger partial charge in [0.25, 0.3) is 5.82 Å². The van der Waals surface area contributed by atoms with Crippen molar-refractivity contribution in [1.82, 2.24) is 19.3 Å². The standard InChI is InChI=1S/C25H21F3N6O/c1-29-23-13-34-24(32-23)16(14-8-20(27)18(12-33(2)3)21(28)9-14)10-30-25(34)31-11-17-15-6-7-35-22(15)5-4-19(17)26/h4-5,8-10,13H,6-7,11-12H2,2-3H3,(H,30,31). The zero-order valence-corrected chi connectivity index (χ0v) is 19.1. The molecule has 3 heterocycles. The van der Waals surface area contributed by atoms with Crippen LogP contribution in [0.4, 0.5) is 24.9 Å². The molecule has 0 saturated heterocycles. The van der Waals surface area contributed by atoms with Gasteiger partial charge in [-0.25, -0.2) is 18.2 Å². The van der Waals surface area contributed by atoms with Crippen LogP contribution in [0.2, 0.25) is 0 Å². The van der Waals surface area contributed by atoms with E-state index in [1.54, 1.807) is 25.1 Å². The number of benzene rings is 2. The quantitative estimate of drug-likeness (QED) is 0.397. The summed E-state index contributed by atoms with van der Waals surface area (Å²) in [6, 6.07) is 5.46. The summed E-state index contributed by atoms with van der Waals surface area (Å²) in [5, 5.41) is 3.10. The number of halogens is 3. The molecule has 0 atom stereocenters. The monoisotopic (exact) mass is 478 g/mol. The fraction of sp³-hybridized carbons (Fsp3) is 0.240. The second kappa shape index (κ2) is 8.92. The Labute approximate surface area is 199 Å². The molecule has 2 aromatic carbocycles. The van der Waals surface area contributed by atoms with E-state index in [4.69, 9.17) is 11.3 Å². The van der Waals surface area contributed by atoms with Crippen LogP contribution in [0.3, 0.4) is 0 Å². The van der Waals surface area contributed by atoms with Gasteiger partial charge in [-0.2, -0.15) is 0 Å². The first-order valence-corrected chi connectivity index (χ1v) is 10.9. The summed E-state index contributed by atoms with van der Waals surface area (Å²) >= 11 is 0. The molecule has 7 nitrogen and oxygen atoms in total. The lowest BCUT2D eigenvalue weighted by Crippen LogP contribution is -2.13. The van der Waals surface area contributed by atoms with Gasteiger partial charge in [-0.1, -0.05) is 11.6 Å². The molecular formula is C25H21F3N6O. The number of anilines is 1. The summed E-state index contributed by atoms with van der Waals surface area (Å²) in [6.07, 6.45) is 3.52. The van der Waals surface area contributed by atoms with Crippen molar-refractivity contribution in [3.05, 3.63) is 82.2 Å². The maximum atomic E-state index is 14.7. The third kappa shape index (κ3) is 4.15. The lowest BCUT2D eigenvalue weighted by atomic mass is 10.0. The predicted octanol–water partition coefficient (Wildman–Crippen LogP) is 4.97. The molecule has 10 heteroatoms. The maximum absolute atomic E-state index is 14.7. The van der Waals surface area contributed by atoms with Crippen molar-refractivity contribution in [2.75, 3.05) is 26.0 Å². The topological polar surface area (TPSA) is 59.1 Å². The molecular weight excluding hydrogens is 457 g/mol. The van der Waals surface area contributed by atoms with Crippen LogP contribution in [0.15, 0.2) is 36.7 Å². The van der Waals surface area contributed by atoms with E-state index in [1.807, 2.05) is 0 Å². The summed E-state index contributed by atoms with van der Waals surface area (Å²) in [4.78, 5) is 13.8. The van der Waals surface area contributed by atoms with Crippen LogP contribution in [0.1, 0.15) is 16.7 Å². The van der Waals surface area contributed by atoms with Crippen molar-refractivity contribution in [2.45, 2.75) is 19.5 Å². The predicted molar refractivity (Wildman–Crippen MR) is 125 cm³/mol. The maximum Gasteiger partial charge on any atom is 0.288 e. The Morgan fingerprint density at radius 2 is 1.91 bits per heavy atom. The lowest BCUT2D eigenvalue weighted by molar-refractivity contribution is 0.356. The van der Waals surface area contributed by atoms with Crippen LogP contribution in [-0.2, 0) is 19.5 Å². The Morgan fingerprint density at radius 1 is 1.14 bits per heavy atom. The van der Waals surface area contributed by atoms with Crippen molar-refractivity contribution in [1.29, 1.82) is 0 Å². The fourth-order valence-corrected chi connectivity index (χ4v) is 4.25. The zero-order valence-electron chi connectivity index (χ0n) is 19.1. The largest absolute Gasteiger partial charge is 0.493 e. The van der Waals surface area contributed by atoms with Crippen LogP contribution >= 0.6 is 0 Å². The van der Waals surface area contributed by atoms with E-state index in [9.17, 15) is 13.2 Å². The fourth-order valence-electron chi connectivity index (χ4n) is 4.25. The third-order valence-electron chi connectivity index (χ3n) is 5.88. The molecule has 0 spiro atoms. The van der Waals surface area contributed by atoms with Crippen LogP contribution < -0.4 is 10.1 Å². The number of nitrogens with zero attached hydrogens (tertiary/aromatic N) is 5. The number of ether oxygens (including phenoxy) is 1. The van der Waals surface area contributed by atoms with Gasteiger partial charge in [-0.15, -0.1) is 0 Å². The van der Waals surface area contributed by atoms with Crippen LogP contribution in [-0.4, -0.2) is 40.0 Å². The average Bonchev–Trinajstić information content (AvgIpc) is 3.47. The number of nitrogens with one attached hydrogen (secondary N) is 1. The van der Waals surface area contributed by atoms with E-state index in [-0.39, 0.29) is 35.9 Å². The molecule has 5 rings (SSSR count). The number of hydrogen-bond donors (Lipinski definition) is 1. The molecule has 2 aromatic heterocycles. The molecule has 0 bridgehead atoms. The summed E-state index contributed by atoms with van der Waals surface area (Å²) in [5.74, 6) is -0.648. The van der Waals surface area contributed by atoms with Crippen molar-refractivity contribution in [3.63, 3.8) is 0 Å². The van der Waals surface area contributed by atoms with E-state index >= 15 is 0 Å². The first-order chi connectivity index (χ1) is 16.9. The van der Waals surface area contributed by atoms with Crippen LogP contribution in [0.25, 0.3) is 21.6 Å². The smallest absolute Gasteiger partial charge is 0.288 e. The van der Waals surface area contributed by atoms with Gasteiger partial charge in [-0.3, -0.25) is 4.40 Å². The summed E-state index contributed by atoms with van der Waals surface area (Å²) in [7, 11) is 3.45. The third-order valence-corrected chi connectivity index (χ3v) is 5.88. The Bertz CT molecular complexity index is 1470. The SMILES string of the molecule is [C-]#[N+]c1cn2c(NCc3c(F)ccc4c3CCO4)ncc(-c3cc(F)c(CN(C)C)c(F)c3)c2n1. The number of hydrogen-bond acceptors (Lipinski definition) is 5. The number of fused-ring (bicyclic) bond motifs is 2. The molecule has 0 amide bonds. The van der Waals surface area contributed by atoms with Gasteiger partial charge in [0, 0.05) is 48.6 Å². The van der Waals surface area contributed by atoms with Crippen LogP contribution in [0.5, 0.6) is 5.75 Å². The number of imidazole rings is 1. The van der Waals surface area contributed by atoms with Gasteiger partial charge in [0.1, 0.15) is 23.2 Å². The zero-order chi connectivity index (χ0) is 24.7. The Morgan fingerprint density at radius 3 is 2.63 bits per heavy atom. The second-order valence-corrected chi connectivity index (χ2v) is 8.51. The molecule has 0 aliphatic carbocycles. The minimum Gasteiger partial charge on any atom is -0.493 e. The molecule has 0 fully saturated rings. The van der Waals surface area contributed by atoms with Gasteiger partial charge >= 0.3 is 0 Å². The summed E-state index contributed by atoms with van der Waals surface area (Å²) in [5.41, 5.74) is 2.16. The van der Waals surface area contributed by atoms with Gasteiger partial charge in [0.05, 0.1) is 12.2 Å². The summed E-state index contributed by atoms with van der Waals surface area (Å²) < 4.78 is 51.1. The molecule has 0 unspecified atom stereocenters. The first kappa shape index (κ1) is 22.7. The molecule has 1 aliphatic heterocycles. The normalized spacial score (nSPS) is 12.6. The average molecular weight is 478 g/mol. The van der Waals surface area contributed by atoms with Gasteiger partial charge in [0.15, 0.2) is 0 Å². The highest BCUT2D eigenvalue weighted by Gasteiger charge is 2.22. The summed E-state index contributed by atoms with van der Waals surface area (Å²) in [6.45, 7) is 8.10. The minimum absolute atomic E-state index is 0.0346. The van der Waals surface area contributed by atoms with Gasteiger partial charge in [-0.05, 0) is 43.9 Å². The first-order valence-electron chi connectivity index (χ1n) is 10.9. The Kier molecular flexibility index (Phi) is 5.78. The van der Waals surface area contributed by atoms with Crippen molar-refractivity contribution in [2.24, 2.45) is 0 Å². The molecule has 1 N–H and O–H groups in total. The molecule has 35 heavy (non-hydrogen) atoms. The minimum atomic E-state index is -0.679. The van der Waals surface area contributed by atoms with Crippen molar-refractivity contribution < 1.29 is 17.9 Å². The molecule has 1 aliphatic rings. The van der Waals surface area contributed by atoms with Crippen molar-refractivity contribution in [3.8, 4) is 16.9 Å². The molecule has 0 radical (unpaired) electrons. The highest BCUT2D eigenvalue weighted by molar-refractivity contribution is 5.79. The van der Waals surface area contributed by atoms with E-state index in [0.29, 0.717) is 41.5 Å². The van der Waals surface area contributed by atoms with Gasteiger partial charge in [0.2, 0.25) is 11.6 Å². The van der Waals surface area contributed by atoms with E-state index in [1.165, 1.54) is 35.0 Å². The van der Waals surface area contributed by atoms with E-state index in [2.05, 4.69) is 20.1 Å². The highest BCUT2D eigenvalue weighted by Crippen LogP contribution is 2.32. The Balaban J connectivity index is 1.54. The van der Waals surface area contributed by atoms with E-state index in [0.717, 1.165) is 5.56 Å². The second-order valence-electron chi connectivity index (χ2n) is 8.51. The Hall–Kier alpha value is -4.10. The van der Waals surface area contributed by atoms with E-state index < -0.39 is 11.6 Å². The molecule has 178 valence electrons. The van der Waals surface area contributed by atoms with Crippen molar-refractivity contribution >= 4 is 17.4 Å². The molecule has 0 saturated carbocycles. The van der Waals surface area contributed by atoms with Gasteiger partial charge < -0.3 is 19.8 Å². The number of rotatable bonds is 6. The lowest BCUT2D eigenvalue weighted by Gasteiger charge is -2.14. The number of aromatic nitrogens is 3. The highest BCUT2D eigenvalue weighted by atomic mass is 19.1. The molecule has 4 aromatic rings. The van der Waals surface area contributed by atoms with Crippen LogP contribution in [0, 0.1) is 24.0 Å².